The van der Waals surface area contributed by atoms with E-state index in [-0.39, 0.29) is 11.7 Å². The summed E-state index contributed by atoms with van der Waals surface area (Å²) in [6.45, 7) is 0. The number of rotatable bonds is 6. The molecule has 3 aromatic rings. The summed E-state index contributed by atoms with van der Waals surface area (Å²) in [6.07, 6.45) is 2.19. The van der Waals surface area contributed by atoms with Crippen molar-refractivity contribution < 1.29 is 9.53 Å². The van der Waals surface area contributed by atoms with Crippen molar-refractivity contribution >= 4 is 44.4 Å². The molecule has 10 heteroatoms. The molecule has 1 aliphatic rings. The smallest absolute Gasteiger partial charge is 0.236 e. The number of hydrogen-bond donors (Lipinski definition) is 1. The van der Waals surface area contributed by atoms with Crippen LogP contribution in [0.1, 0.15) is 18.9 Å². The van der Waals surface area contributed by atoms with E-state index in [0.29, 0.717) is 16.3 Å². The summed E-state index contributed by atoms with van der Waals surface area (Å²) in [7, 11) is 1.62. The highest BCUT2D eigenvalue weighted by atomic mass is 32.2. The quantitative estimate of drug-likeness (QED) is 0.673. The number of thiazole rings is 1. The molecule has 1 aliphatic carbocycles. The largest absolute Gasteiger partial charge is 0.497 e. The summed E-state index contributed by atoms with van der Waals surface area (Å²) in [5, 5.41) is 15.7. The van der Waals surface area contributed by atoms with Crippen molar-refractivity contribution in [3.05, 3.63) is 18.2 Å². The average Bonchev–Trinajstić information content (AvgIpc) is 3.18. The number of tetrazole rings is 1. The molecule has 1 fully saturated rings. The summed E-state index contributed by atoms with van der Waals surface area (Å²) >= 11 is 2.75. The number of ether oxygens (including phenoxy) is 1. The summed E-state index contributed by atoms with van der Waals surface area (Å²) in [5.74, 6) is 0.884. The van der Waals surface area contributed by atoms with E-state index in [1.165, 1.54) is 23.1 Å². The Morgan fingerprint density at radius 1 is 1.50 bits per heavy atom. The number of benzene rings is 1. The van der Waals surface area contributed by atoms with E-state index in [1.54, 1.807) is 11.8 Å². The Balaban J connectivity index is 1.39. The number of carbonyl (C=O) groups excluding carboxylic acids is 1. The molecule has 1 amide bonds. The molecule has 0 radical (unpaired) electrons. The van der Waals surface area contributed by atoms with Crippen molar-refractivity contribution in [2.45, 2.75) is 24.0 Å². The molecule has 0 unspecified atom stereocenters. The van der Waals surface area contributed by atoms with Gasteiger partial charge in [-0.05, 0) is 41.5 Å². The highest BCUT2D eigenvalue weighted by Crippen LogP contribution is 2.36. The van der Waals surface area contributed by atoms with Crippen LogP contribution in [-0.4, -0.2) is 44.0 Å². The molecule has 4 rings (SSSR count). The van der Waals surface area contributed by atoms with Gasteiger partial charge >= 0.3 is 0 Å². The van der Waals surface area contributed by atoms with Gasteiger partial charge < -0.3 is 10.1 Å². The fourth-order valence-electron chi connectivity index (χ4n) is 2.20. The average molecular weight is 362 g/mol. The second-order valence-electron chi connectivity index (χ2n) is 5.33. The van der Waals surface area contributed by atoms with Crippen LogP contribution in [0.2, 0.25) is 0 Å². The van der Waals surface area contributed by atoms with Gasteiger partial charge in [0.2, 0.25) is 11.1 Å². The maximum absolute atomic E-state index is 12.1. The molecule has 8 nitrogen and oxygen atoms in total. The minimum Gasteiger partial charge on any atom is -0.497 e. The van der Waals surface area contributed by atoms with Gasteiger partial charge in [0.05, 0.1) is 29.1 Å². The third-order valence-electron chi connectivity index (χ3n) is 3.53. The zero-order chi connectivity index (χ0) is 16.5. The lowest BCUT2D eigenvalue weighted by atomic mass is 10.3. The molecule has 1 saturated carbocycles. The van der Waals surface area contributed by atoms with Crippen LogP contribution >= 0.6 is 23.1 Å². The maximum atomic E-state index is 12.1. The van der Waals surface area contributed by atoms with Gasteiger partial charge in [0, 0.05) is 0 Å². The lowest BCUT2D eigenvalue weighted by Gasteiger charge is -2.02. The molecule has 2 heterocycles. The lowest BCUT2D eigenvalue weighted by Crippen LogP contribution is -2.14. The first-order valence-electron chi connectivity index (χ1n) is 7.38. The second-order valence-corrected chi connectivity index (χ2v) is 7.30. The molecule has 0 saturated heterocycles. The van der Waals surface area contributed by atoms with Crippen LogP contribution in [0.25, 0.3) is 10.2 Å². The summed E-state index contributed by atoms with van der Waals surface area (Å²) < 4.78 is 7.96. The number of anilines is 1. The van der Waals surface area contributed by atoms with Crippen molar-refractivity contribution in [3.63, 3.8) is 0 Å². The van der Waals surface area contributed by atoms with Gasteiger partial charge in [0.1, 0.15) is 5.75 Å². The third-order valence-corrected chi connectivity index (χ3v) is 5.40. The van der Waals surface area contributed by atoms with Gasteiger partial charge in [-0.25, -0.2) is 9.67 Å². The number of hydrogen-bond acceptors (Lipinski definition) is 8. The van der Waals surface area contributed by atoms with Crippen molar-refractivity contribution in [1.29, 1.82) is 0 Å². The summed E-state index contributed by atoms with van der Waals surface area (Å²) in [5.41, 5.74) is 0.835. The molecule has 24 heavy (non-hydrogen) atoms. The summed E-state index contributed by atoms with van der Waals surface area (Å²) in [6, 6.07) is 6.02. The van der Waals surface area contributed by atoms with Gasteiger partial charge in [0.25, 0.3) is 0 Å². The van der Waals surface area contributed by atoms with Crippen LogP contribution < -0.4 is 10.1 Å². The van der Waals surface area contributed by atoms with Crippen LogP contribution in [-0.2, 0) is 4.79 Å². The number of aromatic nitrogens is 5. The van der Waals surface area contributed by atoms with Gasteiger partial charge in [-0.1, -0.05) is 23.1 Å². The zero-order valence-electron chi connectivity index (χ0n) is 12.8. The molecule has 124 valence electrons. The number of nitrogens with zero attached hydrogens (tertiary/aromatic N) is 5. The van der Waals surface area contributed by atoms with Gasteiger partial charge in [-0.15, -0.1) is 5.10 Å². The highest BCUT2D eigenvalue weighted by molar-refractivity contribution is 7.99. The van der Waals surface area contributed by atoms with Crippen LogP contribution in [0.4, 0.5) is 5.13 Å². The first-order valence-corrected chi connectivity index (χ1v) is 9.18. The number of carbonyl (C=O) groups is 1. The number of methoxy groups -OCH3 is 1. The molecule has 0 atom stereocenters. The molecular weight excluding hydrogens is 348 g/mol. The van der Waals surface area contributed by atoms with Crippen molar-refractivity contribution in [3.8, 4) is 5.75 Å². The fraction of sp³-hybridized carbons (Fsp3) is 0.357. The number of thioether (sulfide) groups is 1. The maximum Gasteiger partial charge on any atom is 0.236 e. The predicted octanol–water partition coefficient (Wildman–Crippen LogP) is 2.36. The van der Waals surface area contributed by atoms with E-state index in [9.17, 15) is 4.79 Å². The molecule has 0 bridgehead atoms. The Bertz CT molecular complexity index is 888. The molecule has 0 aliphatic heterocycles. The predicted molar refractivity (Wildman–Crippen MR) is 91.6 cm³/mol. The van der Waals surface area contributed by atoms with E-state index in [4.69, 9.17) is 4.74 Å². The number of fused-ring (bicyclic) bond motifs is 1. The van der Waals surface area contributed by atoms with Crippen LogP contribution in [0.3, 0.4) is 0 Å². The van der Waals surface area contributed by atoms with E-state index >= 15 is 0 Å². The SMILES string of the molecule is COc1ccc2nc(NC(=O)CSc3nnnn3C3CC3)sc2c1. The highest BCUT2D eigenvalue weighted by Gasteiger charge is 2.28. The molecule has 1 N–H and O–H groups in total. The Morgan fingerprint density at radius 3 is 3.17 bits per heavy atom. The molecular formula is C14H14N6O2S2. The van der Waals surface area contributed by atoms with Crippen molar-refractivity contribution in [1.82, 2.24) is 25.2 Å². The van der Waals surface area contributed by atoms with Crippen molar-refractivity contribution in [2.24, 2.45) is 0 Å². The van der Waals surface area contributed by atoms with Crippen LogP contribution in [0, 0.1) is 0 Å². The van der Waals surface area contributed by atoms with Gasteiger partial charge in [-0.2, -0.15) is 0 Å². The first-order chi connectivity index (χ1) is 11.7. The molecule has 0 spiro atoms. The van der Waals surface area contributed by atoms with E-state index in [1.807, 2.05) is 18.2 Å². The normalized spacial score (nSPS) is 14.0. The van der Waals surface area contributed by atoms with Gasteiger partial charge in [0.15, 0.2) is 5.13 Å². The van der Waals surface area contributed by atoms with E-state index in [0.717, 1.165) is 28.8 Å². The fourth-order valence-corrected chi connectivity index (χ4v) is 3.85. The second kappa shape index (κ2) is 6.36. The number of nitrogens with one attached hydrogen (secondary N) is 1. The Hall–Kier alpha value is -2.20. The summed E-state index contributed by atoms with van der Waals surface area (Å²) in [4.78, 5) is 16.5. The number of amides is 1. The Morgan fingerprint density at radius 2 is 2.38 bits per heavy atom. The minimum atomic E-state index is -0.128. The van der Waals surface area contributed by atoms with Crippen molar-refractivity contribution in [2.75, 3.05) is 18.2 Å². The van der Waals surface area contributed by atoms with E-state index in [2.05, 4.69) is 25.8 Å². The standard InChI is InChI=1S/C14H14N6O2S2/c1-22-9-4-5-10-11(6-9)24-13(15-10)16-12(21)7-23-14-17-18-19-20(14)8-2-3-8/h4-6,8H,2-3,7H2,1H3,(H,15,16,21). The topological polar surface area (TPSA) is 94.8 Å². The van der Waals surface area contributed by atoms with Crippen LogP contribution in [0.5, 0.6) is 5.75 Å². The lowest BCUT2D eigenvalue weighted by molar-refractivity contribution is -0.113. The zero-order valence-corrected chi connectivity index (χ0v) is 14.4. The first kappa shape index (κ1) is 15.3. The van der Waals surface area contributed by atoms with E-state index < -0.39 is 0 Å². The monoisotopic (exact) mass is 362 g/mol. The Labute approximate surface area is 145 Å². The van der Waals surface area contributed by atoms with Gasteiger partial charge in [-0.3, -0.25) is 4.79 Å². The third kappa shape index (κ3) is 3.20. The van der Waals surface area contributed by atoms with Crippen LogP contribution in [0.15, 0.2) is 23.4 Å². The molecule has 2 aromatic heterocycles. The Kier molecular flexibility index (Phi) is 4.07. The minimum absolute atomic E-state index is 0.128. The molecule has 1 aromatic carbocycles.